The molecule has 0 atom stereocenters. The zero-order valence-electron chi connectivity index (χ0n) is 19.8. The van der Waals surface area contributed by atoms with Crippen molar-refractivity contribution in [3.63, 3.8) is 0 Å². The van der Waals surface area contributed by atoms with Crippen LogP contribution in [-0.2, 0) is 14.8 Å². The molecular formula is C26H26ClN3O4S2. The predicted octanol–water partition coefficient (Wildman–Crippen LogP) is 4.80. The quantitative estimate of drug-likeness (QED) is 0.309. The Bertz CT molecular complexity index is 1370. The molecule has 1 N–H and O–H groups in total. The van der Waals surface area contributed by atoms with Gasteiger partial charge >= 0.3 is 0 Å². The van der Waals surface area contributed by atoms with Crippen LogP contribution in [0.15, 0.2) is 76.7 Å². The molecule has 1 aliphatic heterocycles. The number of ether oxygens (including phenoxy) is 1. The van der Waals surface area contributed by atoms with E-state index in [9.17, 15) is 13.2 Å². The maximum absolute atomic E-state index is 13.5. The van der Waals surface area contributed by atoms with Crippen LogP contribution in [0.1, 0.15) is 16.7 Å². The monoisotopic (exact) mass is 543 g/mol. The molecular weight excluding hydrogens is 518 g/mol. The first-order valence-corrected chi connectivity index (χ1v) is 14.2. The molecule has 1 amide bonds. The predicted molar refractivity (Wildman–Crippen MR) is 146 cm³/mol. The minimum absolute atomic E-state index is 0.0745. The highest BCUT2D eigenvalue weighted by molar-refractivity contribution is 8.00. The van der Waals surface area contributed by atoms with E-state index in [0.717, 1.165) is 32.7 Å². The third-order valence-electron chi connectivity index (χ3n) is 5.51. The van der Waals surface area contributed by atoms with Gasteiger partial charge in [-0.1, -0.05) is 47.5 Å². The van der Waals surface area contributed by atoms with Gasteiger partial charge in [0.15, 0.2) is 0 Å². The molecule has 0 aromatic heterocycles. The van der Waals surface area contributed by atoms with Crippen LogP contribution in [0.2, 0.25) is 5.02 Å². The average molecular weight is 544 g/mol. The number of nitrogens with one attached hydrogen (secondary N) is 1. The maximum atomic E-state index is 13.5. The van der Waals surface area contributed by atoms with Crippen LogP contribution in [0.5, 0.6) is 5.75 Å². The van der Waals surface area contributed by atoms with Crippen LogP contribution < -0.4 is 14.5 Å². The van der Waals surface area contributed by atoms with Gasteiger partial charge in [-0.25, -0.2) is 13.8 Å². The number of rotatable bonds is 9. The summed E-state index contributed by atoms with van der Waals surface area (Å²) in [5, 5.41) is 4.38. The van der Waals surface area contributed by atoms with Gasteiger partial charge in [-0.2, -0.15) is 16.9 Å². The van der Waals surface area contributed by atoms with Crippen molar-refractivity contribution in [2.24, 2.45) is 5.10 Å². The lowest BCUT2D eigenvalue weighted by Crippen LogP contribution is -2.40. The Kier molecular flexibility index (Phi) is 8.23. The van der Waals surface area contributed by atoms with Gasteiger partial charge < -0.3 is 4.74 Å². The fourth-order valence-corrected chi connectivity index (χ4v) is 5.68. The van der Waals surface area contributed by atoms with Crippen molar-refractivity contribution in [3.8, 4) is 5.75 Å². The molecule has 4 rings (SSSR count). The summed E-state index contributed by atoms with van der Waals surface area (Å²) >= 11 is 8.00. The number of halogens is 1. The Morgan fingerprint density at radius 3 is 2.58 bits per heavy atom. The number of aryl methyl sites for hydroxylation is 2. The summed E-state index contributed by atoms with van der Waals surface area (Å²) in [4.78, 5) is 12.9. The van der Waals surface area contributed by atoms with Gasteiger partial charge in [-0.15, -0.1) is 0 Å². The smallest absolute Gasteiger partial charge is 0.264 e. The molecule has 7 nitrogen and oxygen atoms in total. The van der Waals surface area contributed by atoms with Crippen molar-refractivity contribution in [1.29, 1.82) is 0 Å². The molecule has 1 saturated heterocycles. The van der Waals surface area contributed by atoms with E-state index in [1.54, 1.807) is 31.2 Å². The van der Waals surface area contributed by atoms with E-state index < -0.39 is 22.5 Å². The lowest BCUT2D eigenvalue weighted by Gasteiger charge is -2.26. The summed E-state index contributed by atoms with van der Waals surface area (Å²) < 4.78 is 34.0. The normalized spacial score (nSPS) is 13.9. The minimum Gasteiger partial charge on any atom is -0.489 e. The maximum Gasteiger partial charge on any atom is 0.264 e. The summed E-state index contributed by atoms with van der Waals surface area (Å²) in [5.41, 5.74) is 5.08. The molecule has 10 heteroatoms. The summed E-state index contributed by atoms with van der Waals surface area (Å²) in [6, 6.07) is 18.8. The number of hydrogen-bond acceptors (Lipinski definition) is 6. The van der Waals surface area contributed by atoms with E-state index in [2.05, 4.69) is 10.5 Å². The Hall–Kier alpha value is -3.01. The number of thioether (sulfide) groups is 1. The first-order chi connectivity index (χ1) is 17.2. The fourth-order valence-electron chi connectivity index (χ4n) is 3.48. The van der Waals surface area contributed by atoms with Crippen LogP contribution in [0.3, 0.4) is 0 Å². The molecule has 0 aliphatic carbocycles. The number of benzene rings is 3. The first-order valence-electron chi connectivity index (χ1n) is 11.2. The second kappa shape index (κ2) is 11.4. The van der Waals surface area contributed by atoms with E-state index in [-0.39, 0.29) is 11.0 Å². The van der Waals surface area contributed by atoms with E-state index in [4.69, 9.17) is 16.3 Å². The average Bonchev–Trinajstić information content (AvgIpc) is 2.82. The van der Waals surface area contributed by atoms with Crippen molar-refractivity contribution in [1.82, 2.24) is 5.43 Å². The molecule has 1 aliphatic rings. The van der Waals surface area contributed by atoms with Crippen LogP contribution in [0.25, 0.3) is 0 Å². The number of amides is 1. The Balaban J connectivity index is 1.52. The van der Waals surface area contributed by atoms with Crippen LogP contribution in [0.4, 0.5) is 5.69 Å². The van der Waals surface area contributed by atoms with Gasteiger partial charge in [0, 0.05) is 16.5 Å². The second-order valence-electron chi connectivity index (χ2n) is 8.40. The number of anilines is 1. The molecule has 0 radical (unpaired) electrons. The number of sulfonamides is 1. The molecule has 3 aromatic carbocycles. The largest absolute Gasteiger partial charge is 0.489 e. The van der Waals surface area contributed by atoms with Gasteiger partial charge in [-0.05, 0) is 61.4 Å². The van der Waals surface area contributed by atoms with Gasteiger partial charge in [0.1, 0.15) is 18.4 Å². The minimum atomic E-state index is -4.05. The molecule has 0 bridgehead atoms. The molecule has 188 valence electrons. The highest BCUT2D eigenvalue weighted by Gasteiger charge is 2.28. The van der Waals surface area contributed by atoms with Gasteiger partial charge in [0.05, 0.1) is 16.8 Å². The van der Waals surface area contributed by atoms with E-state index in [1.165, 1.54) is 24.4 Å². The van der Waals surface area contributed by atoms with Crippen molar-refractivity contribution in [2.75, 3.05) is 22.4 Å². The van der Waals surface area contributed by atoms with Crippen LogP contribution in [0, 0.1) is 13.8 Å². The zero-order valence-corrected chi connectivity index (χ0v) is 22.2. The van der Waals surface area contributed by atoms with Gasteiger partial charge in [0.25, 0.3) is 15.9 Å². The van der Waals surface area contributed by atoms with Crippen molar-refractivity contribution in [3.05, 3.63) is 88.4 Å². The highest BCUT2D eigenvalue weighted by Crippen LogP contribution is 2.29. The second-order valence-corrected chi connectivity index (χ2v) is 11.8. The fraction of sp³-hybridized carbons (Fsp3) is 0.231. The van der Waals surface area contributed by atoms with Crippen LogP contribution in [-0.4, -0.2) is 44.7 Å². The van der Waals surface area contributed by atoms with E-state index in [1.807, 2.05) is 43.0 Å². The van der Waals surface area contributed by atoms with Crippen molar-refractivity contribution >= 4 is 51.2 Å². The summed E-state index contributed by atoms with van der Waals surface area (Å²) in [5.74, 6) is 2.09. The standard InChI is InChI=1S/C26H26ClN3O4S2/c1-18-6-10-24(11-7-18)36(32,33)30(25-13-21(27)9-8-19(25)2)15-26(31)29-28-14-20-4-3-5-22(12-20)34-23-16-35-17-23/h3-14,23H,15-17H2,1-2H3,(H,29,31)/b28-14-. The van der Waals surface area contributed by atoms with Crippen molar-refractivity contribution < 1.29 is 17.9 Å². The van der Waals surface area contributed by atoms with E-state index >= 15 is 0 Å². The number of nitrogens with zero attached hydrogens (tertiary/aromatic N) is 2. The molecule has 36 heavy (non-hydrogen) atoms. The topological polar surface area (TPSA) is 88.1 Å². The first kappa shape index (κ1) is 26.1. The molecule has 1 heterocycles. The van der Waals surface area contributed by atoms with Gasteiger partial charge in [-0.3, -0.25) is 9.10 Å². The highest BCUT2D eigenvalue weighted by atomic mass is 35.5. The van der Waals surface area contributed by atoms with E-state index in [0.29, 0.717) is 16.3 Å². The molecule has 3 aromatic rings. The molecule has 0 unspecified atom stereocenters. The Morgan fingerprint density at radius 2 is 1.89 bits per heavy atom. The Labute approximate surface area is 220 Å². The molecule has 0 saturated carbocycles. The number of hydrazone groups is 1. The SMILES string of the molecule is Cc1ccc(S(=O)(=O)N(CC(=O)N/N=C\c2cccc(OC3CSC3)c2)c2cc(Cl)ccc2C)cc1. The number of carbonyl (C=O) groups excluding carboxylic acids is 1. The molecule has 0 spiro atoms. The zero-order chi connectivity index (χ0) is 25.7. The van der Waals surface area contributed by atoms with Crippen LogP contribution >= 0.6 is 23.4 Å². The van der Waals surface area contributed by atoms with Gasteiger partial charge in [0.2, 0.25) is 0 Å². The molecule has 1 fully saturated rings. The number of carbonyl (C=O) groups is 1. The Morgan fingerprint density at radius 1 is 1.14 bits per heavy atom. The van der Waals surface area contributed by atoms with Crippen molar-refractivity contribution in [2.45, 2.75) is 24.8 Å². The lowest BCUT2D eigenvalue weighted by molar-refractivity contribution is -0.119. The third kappa shape index (κ3) is 6.40. The third-order valence-corrected chi connectivity index (χ3v) is 8.73. The lowest BCUT2D eigenvalue weighted by atomic mass is 10.2. The summed E-state index contributed by atoms with van der Waals surface area (Å²) in [6.45, 7) is 3.16. The number of hydrogen-bond donors (Lipinski definition) is 1. The summed E-state index contributed by atoms with van der Waals surface area (Å²) in [6.07, 6.45) is 1.71. The summed E-state index contributed by atoms with van der Waals surface area (Å²) in [7, 11) is -4.05.